The van der Waals surface area contributed by atoms with Gasteiger partial charge in [0.2, 0.25) is 11.8 Å². The second-order valence-corrected chi connectivity index (χ2v) is 24.9. The molecule has 0 radical (unpaired) electrons. The smallest absolute Gasteiger partial charge is 0.434 e. The summed E-state index contributed by atoms with van der Waals surface area (Å²) in [6.45, 7) is 13.7. The van der Waals surface area contributed by atoms with Crippen LogP contribution in [0.25, 0.3) is 0 Å². The molecule has 21 heteroatoms. The lowest BCUT2D eigenvalue weighted by Crippen LogP contribution is -2.53. The van der Waals surface area contributed by atoms with Crippen LogP contribution in [0.2, 0.25) is 0 Å². The first-order valence-corrected chi connectivity index (χ1v) is 30.1. The number of fused-ring (bicyclic) bond motifs is 1. The number of rotatable bonds is 13. The Labute approximate surface area is 497 Å². The third-order valence-corrected chi connectivity index (χ3v) is 18.0. The number of nitrogens with one attached hydrogen (secondary N) is 3. The molecule has 5 aromatic rings. The molecule has 0 saturated carbocycles. The molecule has 4 aromatic carbocycles. The number of piperidine rings is 3. The number of hydrogen-bond acceptors (Lipinski definition) is 15. The molecule has 85 heavy (non-hydrogen) atoms. The normalized spacial score (nSPS) is 20.7. The van der Waals surface area contributed by atoms with Gasteiger partial charge in [-0.1, -0.05) is 42.1 Å². The number of carbonyl (C=O) groups is 6. The van der Waals surface area contributed by atoms with Crippen molar-refractivity contribution in [3.8, 4) is 0 Å². The number of ketones is 1. The summed E-state index contributed by atoms with van der Waals surface area (Å²) in [5.74, 6) is -2.50. The molecule has 5 fully saturated rings. The summed E-state index contributed by atoms with van der Waals surface area (Å²) < 4.78 is 42.9. The van der Waals surface area contributed by atoms with E-state index in [1.165, 1.54) is 30.0 Å². The first-order chi connectivity index (χ1) is 40.8. The Hall–Kier alpha value is -7.88. The minimum absolute atomic E-state index is 0.0603. The summed E-state index contributed by atoms with van der Waals surface area (Å²) in [4.78, 5) is 99.9. The molecule has 5 saturated heterocycles. The molecule has 6 aliphatic rings. The van der Waals surface area contributed by atoms with Gasteiger partial charge in [0, 0.05) is 110 Å². The highest BCUT2D eigenvalue weighted by Crippen LogP contribution is 2.42. The number of nitrogens with zero attached hydrogens (tertiary/aromatic N) is 7. The van der Waals surface area contributed by atoms with Gasteiger partial charge in [-0.2, -0.15) is 4.99 Å². The van der Waals surface area contributed by atoms with E-state index in [-0.39, 0.29) is 59.6 Å². The average molecular weight is 1180 g/mol. The zero-order chi connectivity index (χ0) is 59.6. The summed E-state index contributed by atoms with van der Waals surface area (Å²) >= 11 is 1.41. The largest absolute Gasteiger partial charge is 0.442 e. The molecule has 6 heterocycles. The third kappa shape index (κ3) is 13.6. The van der Waals surface area contributed by atoms with Crippen LogP contribution >= 0.6 is 11.8 Å². The van der Waals surface area contributed by atoms with Crippen LogP contribution in [0.1, 0.15) is 115 Å². The van der Waals surface area contributed by atoms with Gasteiger partial charge in [-0.3, -0.25) is 34.2 Å². The summed E-state index contributed by atoms with van der Waals surface area (Å²) in [6, 6.07) is 22.4. The molecule has 2 atom stereocenters. The fraction of sp³-hybridized carbons (Fsp3) is 0.422. The number of carbonyl (C=O) groups excluding carboxylic acids is 6. The Morgan fingerprint density at radius 3 is 2.34 bits per heavy atom. The van der Waals surface area contributed by atoms with Gasteiger partial charge in [0.25, 0.3) is 11.8 Å². The van der Waals surface area contributed by atoms with E-state index in [9.17, 15) is 28.8 Å². The number of amides is 5. The van der Waals surface area contributed by atoms with Crippen molar-refractivity contribution in [2.45, 2.75) is 113 Å². The van der Waals surface area contributed by atoms with Gasteiger partial charge < -0.3 is 34.8 Å². The number of piperazine rings is 1. The maximum atomic E-state index is 15.8. The molecule has 5 amide bonds. The number of aromatic nitrogens is 2. The fourth-order valence-corrected chi connectivity index (χ4v) is 13.2. The van der Waals surface area contributed by atoms with Gasteiger partial charge in [-0.25, -0.2) is 23.5 Å². The van der Waals surface area contributed by atoms with Crippen molar-refractivity contribution in [1.82, 2.24) is 25.5 Å². The Balaban J connectivity index is 0.604. The number of halogens is 2. The standard InChI is InChI=1S/C64H70F2N10O8S/c1-39-58(72-62(82)84-63(2,3)4)64(38-83-39)20-24-76(25-21-64)54-36-68-56(37-67-54)85-48-7-5-6-45(33-48)70-59(79)44-11-16-53(52(66)32-44)75-22-18-46(19-23-75)73-26-28-74(29-27-73)47-13-15-50(51(65)34-47)61(81)69-35-40-8-14-49-41(30-40)9-10-42(57(49)78)31-43-12-17-55(77)71-60(43)80/h5-8,10-11,13-16,30,32-34,36-37,39,43,46H,9,12,17-29,31,35,38H2,1-4H3,(H,69,81)(H,70,79)(H,71,77,80)/t39-,43?/m0/s1. The van der Waals surface area contributed by atoms with Crippen molar-refractivity contribution < 1.29 is 47.0 Å². The maximum absolute atomic E-state index is 15.8. The minimum atomic E-state index is -0.636. The number of Topliss-reactive ketones (excluding diaryl/α,β-unsaturated/α-hetero) is 1. The highest BCUT2D eigenvalue weighted by Gasteiger charge is 2.48. The molecule has 1 aromatic heterocycles. The second kappa shape index (κ2) is 25.0. The average Bonchev–Trinajstić information content (AvgIpc) is 3.92. The van der Waals surface area contributed by atoms with Crippen LogP contribution in [0.5, 0.6) is 0 Å². The van der Waals surface area contributed by atoms with E-state index >= 15 is 8.78 Å². The van der Waals surface area contributed by atoms with Crippen molar-refractivity contribution in [2.24, 2.45) is 16.3 Å². The molecular weight excluding hydrogens is 1110 g/mol. The van der Waals surface area contributed by atoms with Crippen LogP contribution in [0.4, 0.5) is 36.5 Å². The maximum Gasteiger partial charge on any atom is 0.434 e. The van der Waals surface area contributed by atoms with Crippen molar-refractivity contribution in [2.75, 3.05) is 79.0 Å². The van der Waals surface area contributed by atoms with Crippen LogP contribution < -0.4 is 30.7 Å². The fourth-order valence-electron chi connectivity index (χ4n) is 12.4. The van der Waals surface area contributed by atoms with Crippen molar-refractivity contribution in [3.05, 3.63) is 142 Å². The SMILES string of the molecule is C[C@@H]1OCC2(CCN(c3cnc(Sc4cccc(NC(=O)c5ccc(N6CCC(N7CCN(c8ccc(C(=O)NCc9ccc%10c(c9)CC=C(CC9CCC(=O)NC9=O)C%10=O)c(F)c8)CC7)CC6)c(F)c5)c4)cn3)CC2)C1=NC(=O)OC(C)(C)C. The number of anilines is 4. The predicted octanol–water partition coefficient (Wildman–Crippen LogP) is 9.37. The van der Waals surface area contributed by atoms with Crippen molar-refractivity contribution in [3.63, 3.8) is 0 Å². The predicted molar refractivity (Wildman–Crippen MR) is 320 cm³/mol. The molecule has 444 valence electrons. The summed E-state index contributed by atoms with van der Waals surface area (Å²) in [5.41, 5.74) is 4.32. The van der Waals surface area contributed by atoms with Crippen LogP contribution in [0, 0.1) is 23.0 Å². The number of hydrogen-bond donors (Lipinski definition) is 3. The minimum Gasteiger partial charge on any atom is -0.442 e. The molecule has 0 bridgehead atoms. The second-order valence-electron chi connectivity index (χ2n) is 23.9. The van der Waals surface area contributed by atoms with E-state index in [0.29, 0.717) is 98.0 Å². The Kier molecular flexibility index (Phi) is 17.3. The van der Waals surface area contributed by atoms with Crippen LogP contribution in [0.15, 0.2) is 118 Å². The van der Waals surface area contributed by atoms with Crippen LogP contribution in [0.3, 0.4) is 0 Å². The van der Waals surface area contributed by atoms with Crippen LogP contribution in [-0.4, -0.2) is 133 Å². The van der Waals surface area contributed by atoms with E-state index in [0.717, 1.165) is 66.3 Å². The van der Waals surface area contributed by atoms with E-state index in [4.69, 9.17) is 14.5 Å². The zero-order valence-electron chi connectivity index (χ0n) is 48.3. The molecule has 5 aliphatic heterocycles. The zero-order valence-corrected chi connectivity index (χ0v) is 49.1. The molecular formula is C64H70F2N10O8S. The Morgan fingerprint density at radius 1 is 0.835 bits per heavy atom. The summed E-state index contributed by atoms with van der Waals surface area (Å²) in [7, 11) is 0. The Bertz CT molecular complexity index is 3480. The lowest BCUT2D eigenvalue weighted by atomic mass is 9.75. The number of allylic oxidation sites excluding steroid dienone is 2. The lowest BCUT2D eigenvalue weighted by Gasteiger charge is -2.43. The number of ether oxygens (including phenoxy) is 2. The molecule has 1 unspecified atom stereocenters. The first kappa shape index (κ1) is 58.9. The monoisotopic (exact) mass is 1180 g/mol. The Morgan fingerprint density at radius 2 is 1.62 bits per heavy atom. The van der Waals surface area contributed by atoms with E-state index in [1.54, 1.807) is 48.8 Å². The lowest BCUT2D eigenvalue weighted by molar-refractivity contribution is -0.136. The van der Waals surface area contributed by atoms with Gasteiger partial charge in [-0.05, 0) is 144 Å². The number of benzene rings is 4. The summed E-state index contributed by atoms with van der Waals surface area (Å²) in [6.07, 6.45) is 9.09. The van der Waals surface area contributed by atoms with Gasteiger partial charge in [0.1, 0.15) is 28.1 Å². The number of imide groups is 1. The quantitative estimate of drug-likeness (QED) is 0.0939. The molecule has 3 N–H and O–H groups in total. The molecule has 1 spiro atoms. The van der Waals surface area contributed by atoms with E-state index < -0.39 is 41.1 Å². The van der Waals surface area contributed by atoms with Crippen molar-refractivity contribution in [1.29, 1.82) is 0 Å². The first-order valence-electron chi connectivity index (χ1n) is 29.2. The summed E-state index contributed by atoms with van der Waals surface area (Å²) in [5, 5.41) is 8.77. The highest BCUT2D eigenvalue weighted by molar-refractivity contribution is 7.99. The molecule has 18 nitrogen and oxygen atoms in total. The number of aliphatic imine (C=N–C) groups is 1. The van der Waals surface area contributed by atoms with Gasteiger partial charge >= 0.3 is 6.09 Å². The topological polar surface area (TPSA) is 208 Å². The molecule has 11 rings (SSSR count). The van der Waals surface area contributed by atoms with Gasteiger partial charge in [-0.15, -0.1) is 0 Å². The molecule has 1 aliphatic carbocycles. The van der Waals surface area contributed by atoms with E-state index in [1.807, 2.05) is 62.9 Å². The van der Waals surface area contributed by atoms with Gasteiger partial charge in [0.05, 0.1) is 42.1 Å². The van der Waals surface area contributed by atoms with Gasteiger partial charge in [0.15, 0.2) is 5.78 Å². The van der Waals surface area contributed by atoms with E-state index in [2.05, 4.69) is 40.6 Å². The van der Waals surface area contributed by atoms with Crippen LogP contribution in [-0.2, 0) is 32.0 Å². The van der Waals surface area contributed by atoms with Crippen molar-refractivity contribution >= 4 is 75.9 Å². The highest BCUT2D eigenvalue weighted by atomic mass is 32.2. The third-order valence-electron chi connectivity index (χ3n) is 17.1.